The molecule has 37 heavy (non-hydrogen) atoms. The number of nitrogens with one attached hydrogen (secondary N) is 1. The highest BCUT2D eigenvalue weighted by molar-refractivity contribution is 5.96. The molecule has 2 heterocycles. The molecule has 6 aliphatic rings. The summed E-state index contributed by atoms with van der Waals surface area (Å²) in [5.74, 6) is 0.989. The molecule has 200 valence electrons. The summed E-state index contributed by atoms with van der Waals surface area (Å²) < 4.78 is 11.2. The van der Waals surface area contributed by atoms with E-state index in [2.05, 4.69) is 58.1 Å². The van der Waals surface area contributed by atoms with Gasteiger partial charge in [0.2, 0.25) is 0 Å². The summed E-state index contributed by atoms with van der Waals surface area (Å²) in [6.45, 7) is 14.1. The van der Waals surface area contributed by atoms with Crippen molar-refractivity contribution in [3.05, 3.63) is 29.2 Å². The third-order valence-corrected chi connectivity index (χ3v) is 13.4. The average Bonchev–Trinajstić information content (AvgIpc) is 3.21. The SMILES string of the molecule is COC(=O)[C@]12CCC(C)(C)C[C@H]1[C@H]1C(=O)C=C3[C@@]4(C)Cc5cnoc5[C@@]5(C)N[C@@]45CC[C@@]3(C)[C@]1(C)CC2. The summed E-state index contributed by atoms with van der Waals surface area (Å²) in [6, 6.07) is 0. The molecule has 0 aromatic carbocycles. The molecule has 1 N–H and O–H groups in total. The summed E-state index contributed by atoms with van der Waals surface area (Å²) in [5, 5.41) is 8.07. The summed E-state index contributed by atoms with van der Waals surface area (Å²) >= 11 is 0. The van der Waals surface area contributed by atoms with Crippen LogP contribution in [0.25, 0.3) is 0 Å². The van der Waals surface area contributed by atoms with Crippen LogP contribution in [0.15, 0.2) is 22.4 Å². The second kappa shape index (κ2) is 6.60. The van der Waals surface area contributed by atoms with Crippen molar-refractivity contribution in [1.29, 1.82) is 0 Å². The van der Waals surface area contributed by atoms with Crippen LogP contribution in [0.5, 0.6) is 0 Å². The smallest absolute Gasteiger partial charge is 0.312 e. The maximum Gasteiger partial charge on any atom is 0.312 e. The Balaban J connectivity index is 1.39. The molecule has 4 fully saturated rings. The van der Waals surface area contributed by atoms with Crippen LogP contribution in [-0.4, -0.2) is 29.6 Å². The van der Waals surface area contributed by atoms with E-state index >= 15 is 0 Å². The Morgan fingerprint density at radius 1 is 1.03 bits per heavy atom. The zero-order valence-electron chi connectivity index (χ0n) is 23.5. The van der Waals surface area contributed by atoms with Crippen molar-refractivity contribution in [2.24, 2.45) is 38.9 Å². The van der Waals surface area contributed by atoms with E-state index in [0.717, 1.165) is 62.7 Å². The Morgan fingerprint density at radius 3 is 2.49 bits per heavy atom. The first-order valence-electron chi connectivity index (χ1n) is 14.3. The molecule has 1 aromatic heterocycles. The number of nitrogens with zero attached hydrogens (tertiary/aromatic N) is 1. The number of methoxy groups -OCH3 is 1. The molecule has 1 aromatic rings. The molecule has 1 aliphatic heterocycles. The number of fused-ring (bicyclic) bond motifs is 8. The number of carbonyl (C=O) groups excluding carboxylic acids is 2. The largest absolute Gasteiger partial charge is 0.469 e. The van der Waals surface area contributed by atoms with Crippen LogP contribution < -0.4 is 5.32 Å². The van der Waals surface area contributed by atoms with Gasteiger partial charge in [0.15, 0.2) is 11.5 Å². The van der Waals surface area contributed by atoms with Crippen molar-refractivity contribution in [2.75, 3.05) is 7.11 Å². The van der Waals surface area contributed by atoms with Crippen molar-refractivity contribution in [3.63, 3.8) is 0 Å². The molecule has 1 spiro atoms. The maximum atomic E-state index is 14.5. The van der Waals surface area contributed by atoms with Gasteiger partial charge in [-0.2, -0.15) is 0 Å². The average molecular weight is 507 g/mol. The predicted molar refractivity (Wildman–Crippen MR) is 138 cm³/mol. The Hall–Kier alpha value is -1.95. The summed E-state index contributed by atoms with van der Waals surface area (Å²) in [6.07, 6.45) is 11.3. The summed E-state index contributed by atoms with van der Waals surface area (Å²) in [5.41, 5.74) is 1.19. The number of ether oxygens (including phenoxy) is 1. The third kappa shape index (κ3) is 2.43. The predicted octanol–water partition coefficient (Wildman–Crippen LogP) is 5.51. The van der Waals surface area contributed by atoms with E-state index in [9.17, 15) is 9.59 Å². The zero-order chi connectivity index (χ0) is 26.4. The molecular formula is C31H42N2O4. The molecule has 0 amide bonds. The van der Waals surface area contributed by atoms with Gasteiger partial charge in [-0.3, -0.25) is 14.9 Å². The number of allylic oxidation sites excluding steroid dienone is 1. The normalized spacial score (nSPS) is 50.8. The van der Waals surface area contributed by atoms with E-state index in [0.29, 0.717) is 0 Å². The monoisotopic (exact) mass is 506 g/mol. The molecular weight excluding hydrogens is 464 g/mol. The minimum absolute atomic E-state index is 0.0219. The number of rotatable bonds is 1. The number of hydrogen-bond acceptors (Lipinski definition) is 6. The summed E-state index contributed by atoms with van der Waals surface area (Å²) in [7, 11) is 1.52. The molecule has 8 atom stereocenters. The van der Waals surface area contributed by atoms with Crippen LogP contribution in [0, 0.1) is 38.9 Å². The third-order valence-electron chi connectivity index (χ3n) is 13.4. The van der Waals surface area contributed by atoms with Gasteiger partial charge in [0.1, 0.15) is 0 Å². The number of hydrogen-bond donors (Lipinski definition) is 1. The molecule has 1 saturated heterocycles. The van der Waals surface area contributed by atoms with E-state index in [1.165, 1.54) is 12.7 Å². The highest BCUT2D eigenvalue weighted by Crippen LogP contribution is 2.78. The van der Waals surface area contributed by atoms with Crippen LogP contribution >= 0.6 is 0 Å². The molecule has 7 rings (SSSR count). The number of carbonyl (C=O) groups is 2. The quantitative estimate of drug-likeness (QED) is 0.399. The number of esters is 1. The van der Waals surface area contributed by atoms with E-state index in [1.807, 2.05) is 6.20 Å². The van der Waals surface area contributed by atoms with Crippen molar-refractivity contribution < 1.29 is 18.8 Å². The second-order valence-corrected chi connectivity index (χ2v) is 15.2. The Labute approximate surface area is 220 Å². The highest BCUT2D eigenvalue weighted by Gasteiger charge is 2.82. The number of aromatic nitrogens is 1. The molecule has 0 bridgehead atoms. The maximum absolute atomic E-state index is 14.5. The fourth-order valence-electron chi connectivity index (χ4n) is 11.1. The van der Waals surface area contributed by atoms with Crippen molar-refractivity contribution >= 4 is 11.8 Å². The van der Waals surface area contributed by atoms with Crippen molar-refractivity contribution in [3.8, 4) is 0 Å². The minimum Gasteiger partial charge on any atom is -0.469 e. The van der Waals surface area contributed by atoms with Crippen LogP contribution in [0.2, 0.25) is 0 Å². The van der Waals surface area contributed by atoms with E-state index < -0.39 is 5.41 Å². The van der Waals surface area contributed by atoms with E-state index in [1.54, 1.807) is 0 Å². The minimum atomic E-state index is -0.537. The van der Waals surface area contributed by atoms with Crippen LogP contribution in [-0.2, 0) is 26.3 Å². The lowest BCUT2D eigenvalue weighted by molar-refractivity contribution is -0.190. The fraction of sp³-hybridized carbons (Fsp3) is 0.774. The van der Waals surface area contributed by atoms with Crippen molar-refractivity contribution in [1.82, 2.24) is 10.5 Å². The molecule has 6 nitrogen and oxygen atoms in total. The number of ketones is 1. The zero-order valence-corrected chi connectivity index (χ0v) is 23.5. The lowest BCUT2D eigenvalue weighted by Gasteiger charge is -2.68. The van der Waals surface area contributed by atoms with Gasteiger partial charge in [0.05, 0.1) is 29.8 Å². The van der Waals surface area contributed by atoms with Gasteiger partial charge in [-0.1, -0.05) is 45.3 Å². The van der Waals surface area contributed by atoms with Gasteiger partial charge in [0, 0.05) is 16.9 Å². The summed E-state index contributed by atoms with van der Waals surface area (Å²) in [4.78, 5) is 27.9. The second-order valence-electron chi connectivity index (χ2n) is 15.2. The standard InChI is InChI=1S/C31H42N2O4/c1-25(2)8-11-30(24(35)36-7)12-9-27(4)22(19(30)16-25)20(34)14-21-26(27,3)10-13-31-28(21,5)15-18-17-32-37-23(18)29(31,6)33-31/h14,17,19,22,33H,8-13,15-16H2,1-7H3/t19-,22-,26+,27+,28+,29+,30-,31-/m0/s1. The molecule has 0 unspecified atom stereocenters. The molecule has 0 radical (unpaired) electrons. The first-order chi connectivity index (χ1) is 17.2. The van der Waals surface area contributed by atoms with Crippen molar-refractivity contribution in [2.45, 2.75) is 104 Å². The van der Waals surface area contributed by atoms with Gasteiger partial charge in [-0.05, 0) is 86.5 Å². The van der Waals surface area contributed by atoms with E-state index in [4.69, 9.17) is 9.26 Å². The fourth-order valence-corrected chi connectivity index (χ4v) is 11.1. The lowest BCUT2D eigenvalue weighted by Crippen LogP contribution is -2.66. The Kier molecular flexibility index (Phi) is 4.30. The highest BCUT2D eigenvalue weighted by atomic mass is 16.5. The first kappa shape index (κ1) is 24.1. The Bertz CT molecular complexity index is 1280. The van der Waals surface area contributed by atoms with Crippen LogP contribution in [0.1, 0.15) is 97.8 Å². The van der Waals surface area contributed by atoms with E-state index in [-0.39, 0.29) is 56.3 Å². The lowest BCUT2D eigenvalue weighted by atomic mass is 9.34. The van der Waals surface area contributed by atoms with Gasteiger partial charge in [0.25, 0.3) is 0 Å². The van der Waals surface area contributed by atoms with Gasteiger partial charge in [-0.15, -0.1) is 0 Å². The molecule has 6 heteroatoms. The Morgan fingerprint density at radius 2 is 1.76 bits per heavy atom. The van der Waals surface area contributed by atoms with Crippen LogP contribution in [0.4, 0.5) is 0 Å². The van der Waals surface area contributed by atoms with Gasteiger partial charge < -0.3 is 9.26 Å². The van der Waals surface area contributed by atoms with Gasteiger partial charge >= 0.3 is 5.97 Å². The van der Waals surface area contributed by atoms with Crippen LogP contribution in [0.3, 0.4) is 0 Å². The van der Waals surface area contributed by atoms with Gasteiger partial charge in [-0.25, -0.2) is 0 Å². The first-order valence-corrected chi connectivity index (χ1v) is 14.3. The topological polar surface area (TPSA) is 91.3 Å². The molecule has 3 saturated carbocycles. The molecule has 5 aliphatic carbocycles.